The molecule has 1 aliphatic rings. The normalized spacial score (nSPS) is 17.1. The Morgan fingerprint density at radius 2 is 1.58 bits per heavy atom. The van der Waals surface area contributed by atoms with Crippen LogP contribution in [0.5, 0.6) is 0 Å². The van der Waals surface area contributed by atoms with Crippen LogP contribution in [-0.4, -0.2) is 49.7 Å². The van der Waals surface area contributed by atoms with E-state index in [0.717, 1.165) is 12.0 Å². The molecule has 5 nitrogen and oxygen atoms in total. The molecule has 0 aliphatic carbocycles. The molecule has 1 heterocycles. The molecule has 134 valence electrons. The van der Waals surface area contributed by atoms with Crippen LogP contribution < -0.4 is 0 Å². The molecule has 0 spiro atoms. The summed E-state index contributed by atoms with van der Waals surface area (Å²) in [7, 11) is -3.48. The first-order chi connectivity index (χ1) is 11.1. The van der Waals surface area contributed by atoms with Crippen LogP contribution in [0.25, 0.3) is 0 Å². The standard InChI is InChI=1S/C18H28N2O3S/c1-5-15-6-8-16(9-7-15)24(22,23)20-12-10-19(11-13-20)17(21)14-18(2,3)4/h6-9H,5,10-14H2,1-4H3. The van der Waals surface area contributed by atoms with Crippen molar-refractivity contribution in [3.05, 3.63) is 29.8 Å². The van der Waals surface area contributed by atoms with E-state index in [2.05, 4.69) is 0 Å². The molecule has 1 saturated heterocycles. The highest BCUT2D eigenvalue weighted by Gasteiger charge is 2.31. The largest absolute Gasteiger partial charge is 0.340 e. The molecule has 1 aliphatic heterocycles. The number of piperazine rings is 1. The molecular formula is C18H28N2O3S. The smallest absolute Gasteiger partial charge is 0.243 e. The number of rotatable bonds is 4. The minimum absolute atomic E-state index is 0.0542. The molecule has 1 fully saturated rings. The van der Waals surface area contributed by atoms with Crippen molar-refractivity contribution < 1.29 is 13.2 Å². The lowest BCUT2D eigenvalue weighted by atomic mass is 9.91. The summed E-state index contributed by atoms with van der Waals surface area (Å²) < 4.78 is 26.9. The molecule has 0 saturated carbocycles. The Balaban J connectivity index is 2.01. The second-order valence-corrected chi connectivity index (χ2v) is 9.46. The summed E-state index contributed by atoms with van der Waals surface area (Å²) in [5, 5.41) is 0. The third-order valence-electron chi connectivity index (χ3n) is 4.24. The van der Waals surface area contributed by atoms with Gasteiger partial charge in [-0.1, -0.05) is 39.8 Å². The number of amides is 1. The fourth-order valence-electron chi connectivity index (χ4n) is 2.79. The molecular weight excluding hydrogens is 324 g/mol. The van der Waals surface area contributed by atoms with Crippen molar-refractivity contribution in [2.45, 2.75) is 45.4 Å². The molecule has 2 rings (SSSR count). The quantitative estimate of drug-likeness (QED) is 0.837. The Hall–Kier alpha value is -1.40. The number of benzene rings is 1. The van der Waals surface area contributed by atoms with Crippen LogP contribution >= 0.6 is 0 Å². The average molecular weight is 353 g/mol. The highest BCUT2D eigenvalue weighted by Crippen LogP contribution is 2.22. The Morgan fingerprint density at radius 3 is 2.04 bits per heavy atom. The van der Waals surface area contributed by atoms with Crippen molar-refractivity contribution >= 4 is 15.9 Å². The molecule has 0 N–H and O–H groups in total. The Labute approximate surface area is 145 Å². The number of nitrogens with zero attached hydrogens (tertiary/aromatic N) is 2. The van der Waals surface area contributed by atoms with Crippen molar-refractivity contribution in [1.82, 2.24) is 9.21 Å². The van der Waals surface area contributed by atoms with Crippen LogP contribution in [0.15, 0.2) is 29.2 Å². The van der Waals surface area contributed by atoms with E-state index in [4.69, 9.17) is 0 Å². The van der Waals surface area contributed by atoms with Crippen LogP contribution in [-0.2, 0) is 21.2 Å². The summed E-state index contributed by atoms with van der Waals surface area (Å²) in [6.45, 7) is 9.77. The van der Waals surface area contributed by atoms with Crippen LogP contribution in [0, 0.1) is 5.41 Å². The van der Waals surface area contributed by atoms with Gasteiger partial charge in [-0.3, -0.25) is 4.79 Å². The summed E-state index contributed by atoms with van der Waals surface area (Å²) >= 11 is 0. The van der Waals surface area contributed by atoms with Gasteiger partial charge in [-0.2, -0.15) is 4.31 Å². The molecule has 0 bridgehead atoms. The van der Waals surface area contributed by atoms with Crippen LogP contribution in [0.1, 0.15) is 39.7 Å². The molecule has 0 atom stereocenters. The number of sulfonamides is 1. The van der Waals surface area contributed by atoms with Gasteiger partial charge in [0.15, 0.2) is 0 Å². The predicted octanol–water partition coefficient (Wildman–Crippen LogP) is 2.52. The molecule has 1 aromatic rings. The fraction of sp³-hybridized carbons (Fsp3) is 0.611. The van der Waals surface area contributed by atoms with Gasteiger partial charge in [0, 0.05) is 32.6 Å². The fourth-order valence-corrected chi connectivity index (χ4v) is 4.21. The van der Waals surface area contributed by atoms with Gasteiger partial charge in [0.25, 0.3) is 0 Å². The van der Waals surface area contributed by atoms with Crippen LogP contribution in [0.4, 0.5) is 0 Å². The first-order valence-corrected chi connectivity index (χ1v) is 9.94. The van der Waals surface area contributed by atoms with E-state index in [1.807, 2.05) is 39.8 Å². The lowest BCUT2D eigenvalue weighted by Crippen LogP contribution is -2.50. The lowest BCUT2D eigenvalue weighted by Gasteiger charge is -2.35. The SMILES string of the molecule is CCc1ccc(S(=O)(=O)N2CCN(C(=O)CC(C)(C)C)CC2)cc1. The zero-order chi connectivity index (χ0) is 18.0. The zero-order valence-corrected chi connectivity index (χ0v) is 15.9. The van der Waals surface area contributed by atoms with Gasteiger partial charge >= 0.3 is 0 Å². The molecule has 24 heavy (non-hydrogen) atoms. The molecule has 1 amide bonds. The van der Waals surface area contributed by atoms with Gasteiger partial charge in [-0.25, -0.2) is 8.42 Å². The Morgan fingerprint density at radius 1 is 1.04 bits per heavy atom. The second-order valence-electron chi connectivity index (χ2n) is 7.52. The highest BCUT2D eigenvalue weighted by atomic mass is 32.2. The minimum Gasteiger partial charge on any atom is -0.340 e. The lowest BCUT2D eigenvalue weighted by molar-refractivity contribution is -0.134. The zero-order valence-electron chi connectivity index (χ0n) is 15.1. The molecule has 1 aromatic carbocycles. The first-order valence-electron chi connectivity index (χ1n) is 8.50. The van der Waals surface area contributed by atoms with Gasteiger partial charge in [-0.05, 0) is 29.5 Å². The maximum atomic E-state index is 12.7. The number of hydrogen-bond acceptors (Lipinski definition) is 3. The van der Waals surface area contributed by atoms with E-state index < -0.39 is 10.0 Å². The average Bonchev–Trinajstić information content (AvgIpc) is 2.53. The topological polar surface area (TPSA) is 57.7 Å². The van der Waals surface area contributed by atoms with E-state index in [1.54, 1.807) is 17.0 Å². The maximum Gasteiger partial charge on any atom is 0.243 e. The third kappa shape index (κ3) is 4.57. The van der Waals surface area contributed by atoms with Crippen molar-refractivity contribution in [1.29, 1.82) is 0 Å². The summed E-state index contributed by atoms with van der Waals surface area (Å²) in [6.07, 6.45) is 1.37. The van der Waals surface area contributed by atoms with Crippen molar-refractivity contribution in [3.63, 3.8) is 0 Å². The predicted molar refractivity (Wildman–Crippen MR) is 95.2 cm³/mol. The van der Waals surface area contributed by atoms with E-state index >= 15 is 0 Å². The monoisotopic (exact) mass is 352 g/mol. The number of hydrogen-bond donors (Lipinski definition) is 0. The Bertz CT molecular complexity index is 667. The third-order valence-corrected chi connectivity index (χ3v) is 6.16. The summed E-state index contributed by atoms with van der Waals surface area (Å²) in [5.74, 6) is 0.104. The Kier molecular flexibility index (Phi) is 5.71. The van der Waals surface area contributed by atoms with Crippen molar-refractivity contribution in [2.75, 3.05) is 26.2 Å². The van der Waals surface area contributed by atoms with Crippen molar-refractivity contribution in [3.8, 4) is 0 Å². The first kappa shape index (κ1) is 18.9. The second kappa shape index (κ2) is 7.23. The van der Waals surface area contributed by atoms with E-state index in [9.17, 15) is 13.2 Å². The minimum atomic E-state index is -3.48. The van der Waals surface area contributed by atoms with E-state index in [1.165, 1.54) is 4.31 Å². The number of carbonyl (C=O) groups excluding carboxylic acids is 1. The van der Waals surface area contributed by atoms with Gasteiger partial charge in [-0.15, -0.1) is 0 Å². The van der Waals surface area contributed by atoms with Gasteiger partial charge < -0.3 is 4.90 Å². The molecule has 0 radical (unpaired) electrons. The molecule has 0 aromatic heterocycles. The summed E-state index contributed by atoms with van der Waals surface area (Å²) in [6, 6.07) is 7.06. The highest BCUT2D eigenvalue weighted by molar-refractivity contribution is 7.89. The van der Waals surface area contributed by atoms with E-state index in [-0.39, 0.29) is 11.3 Å². The summed E-state index contributed by atoms with van der Waals surface area (Å²) in [5.41, 5.74) is 1.06. The van der Waals surface area contributed by atoms with Gasteiger partial charge in [0.05, 0.1) is 4.90 Å². The van der Waals surface area contributed by atoms with E-state index in [0.29, 0.717) is 37.5 Å². The van der Waals surface area contributed by atoms with Crippen molar-refractivity contribution in [2.24, 2.45) is 5.41 Å². The van der Waals surface area contributed by atoms with Gasteiger partial charge in [0.1, 0.15) is 0 Å². The summed E-state index contributed by atoms with van der Waals surface area (Å²) in [4.78, 5) is 14.4. The molecule has 0 unspecified atom stereocenters. The van der Waals surface area contributed by atoms with Crippen LogP contribution in [0.2, 0.25) is 0 Å². The van der Waals surface area contributed by atoms with Gasteiger partial charge in [0.2, 0.25) is 15.9 Å². The molecule has 6 heteroatoms. The number of carbonyl (C=O) groups is 1. The number of aryl methyl sites for hydroxylation is 1. The van der Waals surface area contributed by atoms with Crippen LogP contribution in [0.3, 0.4) is 0 Å². The maximum absolute atomic E-state index is 12.7.